The molecule has 0 unspecified atom stereocenters. The molecule has 0 radical (unpaired) electrons. The highest BCUT2D eigenvalue weighted by Gasteiger charge is 2.67. The first-order chi connectivity index (χ1) is 37.7. The quantitative estimate of drug-likeness (QED) is 0.0440. The molecule has 78 heavy (non-hydrogen) atoms. The monoisotopic (exact) mass is 1060 g/mol. The third-order valence-corrected chi connectivity index (χ3v) is 14.9. The molecule has 5 aliphatic rings. The number of rotatable bonds is 14. The van der Waals surface area contributed by atoms with Gasteiger partial charge in [-0.2, -0.15) is 4.80 Å². The van der Waals surface area contributed by atoms with Gasteiger partial charge in [0.15, 0.2) is 35.9 Å². The second-order valence-corrected chi connectivity index (χ2v) is 20.7. The van der Waals surface area contributed by atoms with E-state index in [9.17, 15) is 24.0 Å². The molecule has 5 aromatic carbocycles. The van der Waals surface area contributed by atoms with Crippen molar-refractivity contribution in [2.75, 3.05) is 20.3 Å². The van der Waals surface area contributed by atoms with Crippen LogP contribution in [0.2, 0.25) is 0 Å². The fraction of sp³-hybridized carbons (Fsp3) is 0.356. The number of hydrogen-bond donors (Lipinski definition) is 0. The van der Waals surface area contributed by atoms with E-state index >= 15 is 0 Å². The van der Waals surface area contributed by atoms with Gasteiger partial charge in [-0.15, -0.1) is 10.2 Å². The van der Waals surface area contributed by atoms with Gasteiger partial charge in [0.05, 0.1) is 42.4 Å². The number of nitrogens with zero attached hydrogens (tertiary/aromatic N) is 5. The molecule has 2 fully saturated rings. The van der Waals surface area contributed by atoms with E-state index in [0.29, 0.717) is 30.9 Å². The molecule has 1 spiro atoms. The van der Waals surface area contributed by atoms with Crippen molar-refractivity contribution in [3.63, 3.8) is 0 Å². The molecule has 11 rings (SSSR count). The average Bonchev–Trinajstić information content (AvgIpc) is 3.42. The molecular formula is C59H57N5O14. The van der Waals surface area contributed by atoms with Gasteiger partial charge in [-0.3, -0.25) is 4.79 Å². The van der Waals surface area contributed by atoms with Gasteiger partial charge in [-0.1, -0.05) is 84.9 Å². The number of hydrogen-bond acceptors (Lipinski definition) is 17. The van der Waals surface area contributed by atoms with Gasteiger partial charge in [0.2, 0.25) is 12.1 Å². The van der Waals surface area contributed by atoms with Crippen LogP contribution in [0.4, 0.5) is 4.79 Å². The summed E-state index contributed by atoms with van der Waals surface area (Å²) in [7, 11) is 1.57. The van der Waals surface area contributed by atoms with Gasteiger partial charge in [0.1, 0.15) is 18.0 Å². The van der Waals surface area contributed by atoms with Crippen LogP contribution in [0.3, 0.4) is 0 Å². The summed E-state index contributed by atoms with van der Waals surface area (Å²) in [6, 6.07) is 35.1. The van der Waals surface area contributed by atoms with Gasteiger partial charge in [-0.25, -0.2) is 19.2 Å². The lowest BCUT2D eigenvalue weighted by Gasteiger charge is -2.57. The lowest BCUT2D eigenvalue weighted by atomic mass is 9.53. The van der Waals surface area contributed by atoms with Crippen LogP contribution in [0.1, 0.15) is 93.8 Å². The maximum Gasteiger partial charge on any atom is 0.410 e. The van der Waals surface area contributed by atoms with Crippen molar-refractivity contribution in [2.45, 2.75) is 101 Å². The molecule has 1 aromatic heterocycles. The molecule has 19 heteroatoms. The molecule has 0 saturated carbocycles. The molecule has 10 atom stereocenters. The van der Waals surface area contributed by atoms with Crippen molar-refractivity contribution in [3.05, 3.63) is 179 Å². The minimum Gasteiger partial charge on any atom is -0.497 e. The van der Waals surface area contributed by atoms with Gasteiger partial charge in [-0.05, 0) is 111 Å². The first kappa shape index (κ1) is 51.7. The Morgan fingerprint density at radius 1 is 0.744 bits per heavy atom. The number of benzene rings is 5. The first-order valence-electron chi connectivity index (χ1n) is 25.9. The minimum atomic E-state index is -1.68. The largest absolute Gasteiger partial charge is 0.497 e. The molecule has 3 aliphatic heterocycles. The standard InChI is InChI=1S/C59H57N5O14/c1-6-71-57(69)63-31-30-59-40-27-29-43(50(59)74-45-42(73-56(68)58(2,3)4)28-24-38(44(45)59)32-41(40)63)72-55-49(77-54(67)37-20-14-9-15-21-37)47(76-53(66)36-18-12-8-13-19-36)46(75-52(65)35-16-10-7-11-17-35)48(78-55)51-60-62-64(61-51)33-34-22-25-39(70-5)26-23-34/h7-29,40-41,43,46-50,55H,6,30-33H2,1-5H3/t40-,41+,43-,46-,47-,48-,49+,50-,55+,59-/m0/s1. The summed E-state index contributed by atoms with van der Waals surface area (Å²) in [6.07, 6.45) is -5.85. The summed E-state index contributed by atoms with van der Waals surface area (Å²) in [6.45, 7) is 7.70. The molecule has 2 aliphatic carbocycles. The number of tetrazole rings is 1. The summed E-state index contributed by atoms with van der Waals surface area (Å²) in [4.78, 5) is 73.7. The van der Waals surface area contributed by atoms with Crippen molar-refractivity contribution in [2.24, 2.45) is 11.3 Å². The number of aromatic nitrogens is 4. The van der Waals surface area contributed by atoms with Crippen LogP contribution in [-0.2, 0) is 51.6 Å². The maximum absolute atomic E-state index is 14.5. The molecule has 0 N–H and O–H groups in total. The highest BCUT2D eigenvalue weighted by molar-refractivity contribution is 5.91. The maximum atomic E-state index is 14.5. The number of piperidine rings is 1. The van der Waals surface area contributed by atoms with Crippen LogP contribution in [0.5, 0.6) is 17.2 Å². The van der Waals surface area contributed by atoms with Crippen molar-refractivity contribution < 1.29 is 66.6 Å². The summed E-state index contributed by atoms with van der Waals surface area (Å²) in [5, 5.41) is 13.5. The van der Waals surface area contributed by atoms with E-state index < -0.39 is 83.7 Å². The summed E-state index contributed by atoms with van der Waals surface area (Å²) in [5.74, 6) is -2.16. The lowest BCUT2D eigenvalue weighted by Crippen LogP contribution is -2.67. The Kier molecular flexibility index (Phi) is 14.0. The van der Waals surface area contributed by atoms with E-state index in [1.807, 2.05) is 30.4 Å². The molecule has 1 amide bonds. The van der Waals surface area contributed by atoms with E-state index in [4.69, 9.17) is 47.7 Å². The van der Waals surface area contributed by atoms with E-state index in [1.165, 1.54) is 4.80 Å². The average molecular weight is 1060 g/mol. The minimum absolute atomic E-state index is 0.0876. The Balaban J connectivity index is 1.04. The van der Waals surface area contributed by atoms with Crippen molar-refractivity contribution >= 4 is 30.0 Å². The van der Waals surface area contributed by atoms with Crippen LogP contribution < -0.4 is 14.2 Å². The van der Waals surface area contributed by atoms with Crippen LogP contribution in [0, 0.1) is 11.3 Å². The second kappa shape index (κ2) is 21.2. The number of carbonyl (C=O) groups is 5. The number of carbonyl (C=O) groups excluding carboxylic acids is 5. The zero-order chi connectivity index (χ0) is 54.3. The molecular weight excluding hydrogens is 1000 g/mol. The molecule has 4 heterocycles. The van der Waals surface area contributed by atoms with Crippen LogP contribution >= 0.6 is 0 Å². The summed E-state index contributed by atoms with van der Waals surface area (Å²) < 4.78 is 57.6. The number of methoxy groups -OCH3 is 1. The Labute approximate surface area is 449 Å². The van der Waals surface area contributed by atoms with Gasteiger partial charge in [0, 0.05) is 29.5 Å². The molecule has 6 aromatic rings. The smallest absolute Gasteiger partial charge is 0.410 e. The first-order valence-corrected chi connectivity index (χ1v) is 25.9. The molecule has 2 bridgehead atoms. The third-order valence-electron chi connectivity index (χ3n) is 14.9. The van der Waals surface area contributed by atoms with Crippen LogP contribution in [0.25, 0.3) is 0 Å². The van der Waals surface area contributed by atoms with Gasteiger partial charge in [0.25, 0.3) is 0 Å². The fourth-order valence-corrected chi connectivity index (χ4v) is 11.2. The van der Waals surface area contributed by atoms with Crippen molar-refractivity contribution in [1.29, 1.82) is 0 Å². The zero-order valence-electron chi connectivity index (χ0n) is 43.5. The number of likely N-dealkylation sites (tertiary alicyclic amines) is 1. The van der Waals surface area contributed by atoms with Gasteiger partial charge < -0.3 is 47.5 Å². The number of ether oxygens (including phenoxy) is 9. The van der Waals surface area contributed by atoms with E-state index in [2.05, 4.69) is 10.3 Å². The van der Waals surface area contributed by atoms with E-state index in [1.54, 1.807) is 149 Å². The topological polar surface area (TPSA) is 215 Å². The van der Waals surface area contributed by atoms with Crippen LogP contribution in [-0.4, -0.2) is 118 Å². The highest BCUT2D eigenvalue weighted by atomic mass is 16.7. The van der Waals surface area contributed by atoms with Crippen molar-refractivity contribution in [3.8, 4) is 17.2 Å². The Bertz CT molecular complexity index is 3240. The predicted molar refractivity (Wildman–Crippen MR) is 275 cm³/mol. The Morgan fingerprint density at radius 3 is 1.96 bits per heavy atom. The zero-order valence-corrected chi connectivity index (χ0v) is 43.5. The normalized spacial score (nSPS) is 25.4. The highest BCUT2D eigenvalue weighted by Crippen LogP contribution is 2.63. The van der Waals surface area contributed by atoms with Gasteiger partial charge >= 0.3 is 30.0 Å². The fourth-order valence-electron chi connectivity index (χ4n) is 11.2. The van der Waals surface area contributed by atoms with Crippen LogP contribution in [0.15, 0.2) is 140 Å². The predicted octanol–water partition coefficient (Wildman–Crippen LogP) is 7.81. The Morgan fingerprint density at radius 2 is 1.36 bits per heavy atom. The third kappa shape index (κ3) is 9.72. The van der Waals surface area contributed by atoms with Crippen molar-refractivity contribution in [1.82, 2.24) is 25.1 Å². The summed E-state index contributed by atoms with van der Waals surface area (Å²) in [5.41, 5.74) is 1.25. The SMILES string of the molecule is CCOC(=O)N1CC[C@]23c4c5ccc(OC(=O)C(C)(C)C)c4O[C@H]2[C@@H](O[C@@H]2O[C@H](c4nnn(Cc6ccc(OC)cc6)n4)[C@@H](OC(=O)c4ccccc4)[C@H](OC(=O)c4ccccc4)[C@H]2OC(=O)c2ccccc2)C=C[C@H]3[C@H]1C5. The Hall–Kier alpha value is -8.42. The number of amides is 1. The lowest BCUT2D eigenvalue weighted by molar-refractivity contribution is -0.311. The molecule has 19 nitrogen and oxygen atoms in total. The van der Waals surface area contributed by atoms with E-state index in [0.717, 1.165) is 16.7 Å². The molecule has 2 saturated heterocycles. The summed E-state index contributed by atoms with van der Waals surface area (Å²) >= 11 is 0. The molecule has 402 valence electrons. The second-order valence-electron chi connectivity index (χ2n) is 20.7. The number of esters is 4. The van der Waals surface area contributed by atoms with E-state index in [-0.39, 0.29) is 53.4 Å².